The van der Waals surface area contributed by atoms with E-state index in [0.29, 0.717) is 47.1 Å². The zero-order valence-corrected chi connectivity index (χ0v) is 20.0. The van der Waals surface area contributed by atoms with Gasteiger partial charge in [-0.15, -0.1) is 0 Å². The van der Waals surface area contributed by atoms with Crippen LogP contribution in [0.2, 0.25) is 0 Å². The molecule has 5 rings (SSSR count). The van der Waals surface area contributed by atoms with Gasteiger partial charge in [0, 0.05) is 23.0 Å². The van der Waals surface area contributed by atoms with Gasteiger partial charge in [-0.05, 0) is 49.6 Å². The molecule has 2 atom stereocenters. The first kappa shape index (κ1) is 23.9. The highest BCUT2D eigenvalue weighted by molar-refractivity contribution is 7.93. The molecule has 11 heteroatoms. The Labute approximate surface area is 202 Å². The minimum atomic E-state index is -2.42. The van der Waals surface area contributed by atoms with Gasteiger partial charge in [-0.25, -0.2) is 18.6 Å². The molecule has 3 aromatic rings. The fourth-order valence-corrected chi connectivity index (χ4v) is 6.47. The maximum Gasteiger partial charge on any atom is 0.150 e. The first-order valence-electron chi connectivity index (χ1n) is 11.4. The number of aryl methyl sites for hydroxylation is 1. The van der Waals surface area contributed by atoms with Crippen LogP contribution in [-0.2, 0) is 14.5 Å². The Bertz CT molecular complexity index is 1360. The molecular weight excluding hydrogens is 475 g/mol. The lowest BCUT2D eigenvalue weighted by Crippen LogP contribution is -2.30. The van der Waals surface area contributed by atoms with Gasteiger partial charge < -0.3 is 25.0 Å². The van der Waals surface area contributed by atoms with Crippen molar-refractivity contribution in [3.8, 4) is 5.75 Å². The number of ether oxygens (including phenoxy) is 2. The molecule has 1 aromatic heterocycles. The summed E-state index contributed by atoms with van der Waals surface area (Å²) < 4.78 is 42.7. The lowest BCUT2D eigenvalue weighted by Gasteiger charge is -2.20. The Morgan fingerprint density at radius 2 is 1.97 bits per heavy atom. The van der Waals surface area contributed by atoms with Gasteiger partial charge in [0.1, 0.15) is 29.8 Å². The summed E-state index contributed by atoms with van der Waals surface area (Å²) in [5, 5.41) is 23.7. The number of halogens is 1. The highest BCUT2D eigenvalue weighted by atomic mass is 32.2. The van der Waals surface area contributed by atoms with Gasteiger partial charge >= 0.3 is 0 Å². The minimum Gasteiger partial charge on any atom is -0.483 e. The van der Waals surface area contributed by atoms with Crippen molar-refractivity contribution in [1.29, 1.82) is 0 Å². The van der Waals surface area contributed by atoms with Crippen LogP contribution >= 0.6 is 0 Å². The average Bonchev–Trinajstić information content (AvgIpc) is 3.22. The van der Waals surface area contributed by atoms with Crippen LogP contribution in [0.15, 0.2) is 41.0 Å². The Balaban J connectivity index is 1.48. The van der Waals surface area contributed by atoms with Crippen molar-refractivity contribution in [1.82, 2.24) is 9.97 Å². The van der Waals surface area contributed by atoms with Crippen LogP contribution in [-0.4, -0.2) is 67.4 Å². The summed E-state index contributed by atoms with van der Waals surface area (Å²) in [4.78, 5) is 8.76. The number of anilines is 2. The van der Waals surface area contributed by atoms with Crippen LogP contribution in [0.4, 0.5) is 21.6 Å². The number of aliphatic hydroxyl groups is 2. The Morgan fingerprint density at radius 3 is 2.71 bits per heavy atom. The van der Waals surface area contributed by atoms with Crippen LogP contribution in [0.25, 0.3) is 10.9 Å². The van der Waals surface area contributed by atoms with Crippen molar-refractivity contribution in [2.75, 3.05) is 30.0 Å². The largest absolute Gasteiger partial charge is 0.483 e. The molecular formula is C24H27FN4O5S. The van der Waals surface area contributed by atoms with E-state index in [4.69, 9.17) is 9.47 Å². The van der Waals surface area contributed by atoms with E-state index >= 15 is 0 Å². The zero-order valence-electron chi connectivity index (χ0n) is 19.2. The fourth-order valence-electron chi connectivity index (χ4n) is 4.31. The number of hydrogen-bond donors (Lipinski definition) is 3. The molecule has 186 valence electrons. The SMILES string of the molecule is Cc1cc(N=S2(=O)CCC(O)CC2)cc2ncnc(Nc3ccc(F)cc3O[C@@H]3COC[C@@H]3O)c12. The van der Waals surface area contributed by atoms with Crippen LogP contribution in [0.3, 0.4) is 0 Å². The first-order valence-corrected chi connectivity index (χ1v) is 13.3. The number of nitrogens with zero attached hydrogens (tertiary/aromatic N) is 3. The Kier molecular flexibility index (Phi) is 6.58. The van der Waals surface area contributed by atoms with Crippen LogP contribution < -0.4 is 10.1 Å². The molecule has 2 aliphatic rings. The molecule has 0 spiro atoms. The number of benzene rings is 2. The van der Waals surface area contributed by atoms with Crippen molar-refractivity contribution in [2.24, 2.45) is 4.36 Å². The molecule has 0 unspecified atom stereocenters. The molecule has 9 nitrogen and oxygen atoms in total. The third kappa shape index (κ3) is 5.22. The summed E-state index contributed by atoms with van der Waals surface area (Å²) in [6, 6.07) is 7.70. The van der Waals surface area contributed by atoms with Crippen LogP contribution in [0, 0.1) is 12.7 Å². The second-order valence-electron chi connectivity index (χ2n) is 8.91. The lowest BCUT2D eigenvalue weighted by atomic mass is 10.1. The number of nitrogens with one attached hydrogen (secondary N) is 1. The van der Waals surface area contributed by atoms with Gasteiger partial charge in [0.15, 0.2) is 6.10 Å². The van der Waals surface area contributed by atoms with Gasteiger partial charge in [0.05, 0.1) is 45.9 Å². The topological polar surface area (TPSA) is 126 Å². The quantitative estimate of drug-likeness (QED) is 0.486. The van der Waals surface area contributed by atoms with Crippen molar-refractivity contribution >= 4 is 37.8 Å². The molecule has 2 fully saturated rings. The second kappa shape index (κ2) is 9.65. The number of rotatable bonds is 5. The first-order chi connectivity index (χ1) is 16.8. The molecule has 35 heavy (non-hydrogen) atoms. The predicted octanol–water partition coefficient (Wildman–Crippen LogP) is 3.21. The van der Waals surface area contributed by atoms with E-state index in [-0.39, 0.29) is 19.0 Å². The lowest BCUT2D eigenvalue weighted by molar-refractivity contribution is 0.0736. The Hall–Kier alpha value is -2.86. The molecule has 2 aliphatic heterocycles. The molecule has 3 N–H and O–H groups in total. The maximum absolute atomic E-state index is 14.0. The van der Waals surface area contributed by atoms with Gasteiger partial charge in [0.25, 0.3) is 0 Å². The van der Waals surface area contributed by atoms with E-state index in [2.05, 4.69) is 19.6 Å². The summed E-state index contributed by atoms with van der Waals surface area (Å²) in [7, 11) is -2.42. The van der Waals surface area contributed by atoms with E-state index in [1.165, 1.54) is 18.5 Å². The average molecular weight is 503 g/mol. The van der Waals surface area contributed by atoms with E-state index in [0.717, 1.165) is 10.9 Å². The van der Waals surface area contributed by atoms with Crippen LogP contribution in [0.5, 0.6) is 5.75 Å². The molecule has 0 bridgehead atoms. The molecule has 2 saturated heterocycles. The van der Waals surface area contributed by atoms with E-state index in [1.807, 2.05) is 13.0 Å². The van der Waals surface area contributed by atoms with Gasteiger partial charge in [-0.3, -0.25) is 0 Å². The van der Waals surface area contributed by atoms with Crippen molar-refractivity contribution < 1.29 is 28.3 Å². The summed E-state index contributed by atoms with van der Waals surface area (Å²) in [6.45, 7) is 2.27. The third-order valence-electron chi connectivity index (χ3n) is 6.21. The second-order valence-corrected chi connectivity index (χ2v) is 11.5. The standard InChI is InChI=1S/C24H27FN4O5S/c1-14-8-16(29-35(32)6-4-17(30)5-7-35)10-19-23(14)24(27-13-26-19)28-18-3-2-15(25)9-21(18)34-22-12-33-11-20(22)31/h2-3,8-10,13,17,20,22,30-31H,4-7,11-12H2,1H3,(H,26,27,28)/t17?,20-,22+,35?/m0/s1. The number of hydrogen-bond acceptors (Lipinski definition) is 9. The van der Waals surface area contributed by atoms with Crippen molar-refractivity contribution in [3.63, 3.8) is 0 Å². The summed E-state index contributed by atoms with van der Waals surface area (Å²) in [5.41, 5.74) is 2.49. The molecule has 3 heterocycles. The molecule has 0 aliphatic carbocycles. The van der Waals surface area contributed by atoms with Gasteiger partial charge in [0.2, 0.25) is 0 Å². The summed E-state index contributed by atoms with van der Waals surface area (Å²) in [6.07, 6.45) is 0.560. The van der Waals surface area contributed by atoms with Gasteiger partial charge in [-0.2, -0.15) is 4.36 Å². The molecule has 2 aromatic carbocycles. The third-order valence-corrected chi connectivity index (χ3v) is 8.50. The molecule has 0 saturated carbocycles. The predicted molar refractivity (Wildman–Crippen MR) is 130 cm³/mol. The number of aromatic nitrogens is 2. The van der Waals surface area contributed by atoms with Crippen molar-refractivity contribution in [3.05, 3.63) is 48.0 Å². The number of fused-ring (bicyclic) bond motifs is 1. The summed E-state index contributed by atoms with van der Waals surface area (Å²) >= 11 is 0. The van der Waals surface area contributed by atoms with Crippen LogP contribution in [0.1, 0.15) is 18.4 Å². The fraction of sp³-hybridized carbons (Fsp3) is 0.417. The molecule has 0 radical (unpaired) electrons. The maximum atomic E-state index is 14.0. The Morgan fingerprint density at radius 1 is 1.17 bits per heavy atom. The minimum absolute atomic E-state index is 0.165. The summed E-state index contributed by atoms with van der Waals surface area (Å²) in [5.74, 6) is 0.986. The zero-order chi connectivity index (χ0) is 24.6. The normalized spacial score (nSPS) is 26.6. The highest BCUT2D eigenvalue weighted by Gasteiger charge is 2.29. The smallest absolute Gasteiger partial charge is 0.150 e. The number of aliphatic hydroxyl groups excluding tert-OH is 2. The van der Waals surface area contributed by atoms with E-state index < -0.39 is 33.9 Å². The molecule has 0 amide bonds. The van der Waals surface area contributed by atoms with E-state index in [1.54, 1.807) is 12.1 Å². The van der Waals surface area contributed by atoms with Crippen molar-refractivity contribution in [2.45, 2.75) is 38.1 Å². The monoisotopic (exact) mass is 502 g/mol. The van der Waals surface area contributed by atoms with Gasteiger partial charge in [-0.1, -0.05) is 0 Å². The highest BCUT2D eigenvalue weighted by Crippen LogP contribution is 2.35. The van der Waals surface area contributed by atoms with E-state index in [9.17, 15) is 18.8 Å².